The van der Waals surface area contributed by atoms with Gasteiger partial charge in [0.05, 0.1) is 96.8 Å². The van der Waals surface area contributed by atoms with Crippen LogP contribution in [0.25, 0.3) is 0 Å². The highest BCUT2D eigenvalue weighted by molar-refractivity contribution is 6.25. The Hall–Kier alpha value is -6.90. The molecule has 3 atom stereocenters. The quantitative estimate of drug-likeness (QED) is 0.0507. The molecule has 2 saturated heterocycles. The fourth-order valence-electron chi connectivity index (χ4n) is 8.87. The van der Waals surface area contributed by atoms with Crippen molar-refractivity contribution in [2.24, 2.45) is 0 Å². The molecule has 1 spiro atoms. The average molecular weight is 1070 g/mol. The van der Waals surface area contributed by atoms with Crippen LogP contribution >= 0.6 is 0 Å². The van der Waals surface area contributed by atoms with Gasteiger partial charge in [-0.1, -0.05) is 24.3 Å². The molecule has 7 rings (SSSR count). The Morgan fingerprint density at radius 3 is 2.04 bits per heavy atom. The number of ether oxygens (including phenoxy) is 7. The maximum atomic E-state index is 13.8. The fraction of sp³-hybridized carbons (Fsp3) is 0.490. The molecule has 0 aromatic heterocycles. The zero-order valence-electron chi connectivity index (χ0n) is 41.5. The summed E-state index contributed by atoms with van der Waals surface area (Å²) < 4.78 is 93.6. The summed E-state index contributed by atoms with van der Waals surface area (Å²) in [7, 11) is 0. The number of aryl methyl sites for hydroxylation is 1. The lowest BCUT2D eigenvalue weighted by Gasteiger charge is -2.31. The number of piperidine rings is 1. The van der Waals surface area contributed by atoms with Gasteiger partial charge in [0.15, 0.2) is 0 Å². The standard InChI is InChI=1S/C51H58F4N6O15/c1-32(51(53,54)55)59(30-33-5-7-35(52)8-6-33)43(64)31-60-48(68)50(76-49(60)69)15-13-34-29-36(9-10-38(34)50)57-42(63)14-17-70-19-21-72-23-25-74-27-28-75-26-24-73-22-20-71-18-16-56-39-4-2-3-37-44(39)47(67)61(46(37)66)40-11-12-41(62)58-45(40)65/h2-10,29,32,40,56H,11-28,30-31H2,1H3,(H,57,63)(H,58,62,65)/t32-,40?,50+/m0/s1. The number of carbonyl (C=O) groups is 8. The van der Waals surface area contributed by atoms with E-state index in [1.807, 2.05) is 0 Å². The van der Waals surface area contributed by atoms with Gasteiger partial charge < -0.3 is 48.7 Å². The Morgan fingerprint density at radius 2 is 1.42 bits per heavy atom. The van der Waals surface area contributed by atoms with Crippen molar-refractivity contribution in [2.75, 3.05) is 103 Å². The number of fused-ring (bicyclic) bond motifs is 3. The minimum Gasteiger partial charge on any atom is -0.427 e. The lowest BCUT2D eigenvalue weighted by atomic mass is 9.94. The first kappa shape index (κ1) is 56.8. The molecule has 1 aliphatic carbocycles. The third-order valence-electron chi connectivity index (χ3n) is 12.8. The predicted octanol–water partition coefficient (Wildman–Crippen LogP) is 3.87. The van der Waals surface area contributed by atoms with Gasteiger partial charge in [0.2, 0.25) is 29.2 Å². The van der Waals surface area contributed by atoms with E-state index in [1.54, 1.807) is 18.2 Å². The van der Waals surface area contributed by atoms with E-state index in [4.69, 9.17) is 33.2 Å². The van der Waals surface area contributed by atoms with Crippen molar-refractivity contribution in [1.82, 2.24) is 20.0 Å². The van der Waals surface area contributed by atoms with E-state index < -0.39 is 84.3 Å². The molecule has 3 aromatic carbocycles. The molecule has 8 amide bonds. The van der Waals surface area contributed by atoms with Crippen LogP contribution in [0.2, 0.25) is 0 Å². The van der Waals surface area contributed by atoms with Crippen LogP contribution in [0.5, 0.6) is 0 Å². The van der Waals surface area contributed by atoms with E-state index in [-0.39, 0.29) is 74.5 Å². The normalized spacial score (nSPS) is 18.5. The number of imide groups is 3. The smallest absolute Gasteiger partial charge is 0.418 e. The molecule has 3 heterocycles. The fourth-order valence-corrected chi connectivity index (χ4v) is 8.87. The monoisotopic (exact) mass is 1070 g/mol. The van der Waals surface area contributed by atoms with E-state index in [0.29, 0.717) is 98.3 Å². The summed E-state index contributed by atoms with van der Waals surface area (Å²) in [6, 6.07) is 10.7. The third-order valence-corrected chi connectivity index (χ3v) is 12.8. The largest absolute Gasteiger partial charge is 0.427 e. The minimum absolute atomic E-state index is 0.0139. The molecule has 4 aliphatic rings. The molecule has 1 unspecified atom stereocenters. The van der Waals surface area contributed by atoms with Crippen LogP contribution in [0.15, 0.2) is 60.7 Å². The summed E-state index contributed by atoms with van der Waals surface area (Å²) in [5.74, 6) is -5.32. The summed E-state index contributed by atoms with van der Waals surface area (Å²) in [5.41, 5.74) is 0.553. The maximum Gasteiger partial charge on any atom is 0.418 e. The van der Waals surface area contributed by atoms with Gasteiger partial charge in [-0.2, -0.15) is 13.2 Å². The third kappa shape index (κ3) is 14.1. The van der Waals surface area contributed by atoms with Crippen LogP contribution in [0, 0.1) is 5.82 Å². The van der Waals surface area contributed by atoms with Crippen molar-refractivity contribution < 1.29 is 89.1 Å². The first-order valence-corrected chi connectivity index (χ1v) is 24.6. The van der Waals surface area contributed by atoms with Crippen LogP contribution in [-0.2, 0) is 75.7 Å². The van der Waals surface area contributed by atoms with Crippen LogP contribution in [0.1, 0.15) is 70.0 Å². The Balaban J connectivity index is 0.680. The second-order valence-corrected chi connectivity index (χ2v) is 17.9. The van der Waals surface area contributed by atoms with Crippen LogP contribution in [-0.4, -0.2) is 173 Å². The highest BCUT2D eigenvalue weighted by atomic mass is 19.4. The Kier molecular flexibility index (Phi) is 19.6. The summed E-state index contributed by atoms with van der Waals surface area (Å²) in [6.07, 6.45) is -5.61. The van der Waals surface area contributed by atoms with E-state index >= 15 is 0 Å². The zero-order valence-corrected chi connectivity index (χ0v) is 41.5. The maximum absolute atomic E-state index is 13.8. The SMILES string of the molecule is C[C@H](N(Cc1ccc(F)cc1)C(=O)CN1C(=O)O[C@@]2(CCc3cc(NC(=O)CCOCCOCCOCCOCCOCCOCCNc4cccc5c4C(=O)N(C4CCC(=O)NC4=O)C5=O)ccc32)C1=O)C(F)(F)F. The molecule has 3 aromatic rings. The number of amides is 8. The molecular weight excluding hydrogens is 1010 g/mol. The van der Waals surface area contributed by atoms with Crippen molar-refractivity contribution in [3.63, 3.8) is 0 Å². The highest BCUT2D eigenvalue weighted by Crippen LogP contribution is 2.46. The van der Waals surface area contributed by atoms with E-state index in [1.165, 1.54) is 30.3 Å². The van der Waals surface area contributed by atoms with Crippen LogP contribution in [0.3, 0.4) is 0 Å². The second-order valence-electron chi connectivity index (χ2n) is 17.9. The topological polar surface area (TPSA) is 247 Å². The molecule has 0 radical (unpaired) electrons. The number of hydrogen-bond acceptors (Lipinski definition) is 16. The molecule has 3 aliphatic heterocycles. The van der Waals surface area contributed by atoms with Crippen molar-refractivity contribution in [1.29, 1.82) is 0 Å². The molecule has 410 valence electrons. The number of benzene rings is 3. The molecule has 25 heteroatoms. The lowest BCUT2D eigenvalue weighted by molar-refractivity contribution is -0.187. The van der Waals surface area contributed by atoms with Gasteiger partial charge in [0.1, 0.15) is 24.4 Å². The Morgan fingerprint density at radius 1 is 0.803 bits per heavy atom. The Labute approximate surface area is 433 Å². The summed E-state index contributed by atoms with van der Waals surface area (Å²) >= 11 is 0. The highest BCUT2D eigenvalue weighted by Gasteiger charge is 2.59. The van der Waals surface area contributed by atoms with E-state index in [0.717, 1.165) is 24.0 Å². The van der Waals surface area contributed by atoms with Gasteiger partial charge >= 0.3 is 12.3 Å². The summed E-state index contributed by atoms with van der Waals surface area (Å²) in [5, 5.41) is 8.05. The number of nitrogens with one attached hydrogen (secondary N) is 3. The van der Waals surface area contributed by atoms with E-state index in [2.05, 4.69) is 16.0 Å². The lowest BCUT2D eigenvalue weighted by Crippen LogP contribution is -2.54. The summed E-state index contributed by atoms with van der Waals surface area (Å²) in [4.78, 5) is 105. The predicted molar refractivity (Wildman–Crippen MR) is 257 cm³/mol. The van der Waals surface area contributed by atoms with Crippen molar-refractivity contribution in [3.8, 4) is 0 Å². The van der Waals surface area contributed by atoms with Gasteiger partial charge in [0.25, 0.3) is 17.7 Å². The minimum atomic E-state index is -4.84. The van der Waals surface area contributed by atoms with Crippen molar-refractivity contribution >= 4 is 58.8 Å². The average Bonchev–Trinajstić information content (AvgIpc) is 4.01. The zero-order chi connectivity index (χ0) is 54.4. The van der Waals surface area contributed by atoms with Gasteiger partial charge in [-0.25, -0.2) is 14.1 Å². The van der Waals surface area contributed by atoms with Gasteiger partial charge in [-0.05, 0) is 67.3 Å². The number of alkyl halides is 3. The number of hydrogen-bond donors (Lipinski definition) is 3. The number of anilines is 2. The number of carbonyl (C=O) groups excluding carboxylic acids is 8. The first-order chi connectivity index (χ1) is 36.5. The van der Waals surface area contributed by atoms with Crippen LogP contribution in [0.4, 0.5) is 33.7 Å². The molecule has 0 saturated carbocycles. The van der Waals surface area contributed by atoms with Gasteiger partial charge in [-0.15, -0.1) is 0 Å². The molecule has 2 fully saturated rings. The van der Waals surface area contributed by atoms with Crippen LogP contribution < -0.4 is 16.0 Å². The molecule has 21 nitrogen and oxygen atoms in total. The number of halogens is 4. The van der Waals surface area contributed by atoms with Gasteiger partial charge in [0, 0.05) is 42.9 Å². The summed E-state index contributed by atoms with van der Waals surface area (Å²) in [6.45, 7) is 3.13. The number of nitrogens with zero attached hydrogens (tertiary/aromatic N) is 3. The molecule has 3 N–H and O–H groups in total. The first-order valence-electron chi connectivity index (χ1n) is 24.6. The molecular formula is C51H58F4N6O15. The van der Waals surface area contributed by atoms with Gasteiger partial charge in [-0.3, -0.25) is 43.8 Å². The second kappa shape index (κ2) is 26.2. The number of rotatable bonds is 29. The van der Waals surface area contributed by atoms with Crippen molar-refractivity contribution in [2.45, 2.75) is 69.4 Å². The molecule has 76 heavy (non-hydrogen) atoms. The molecule has 0 bridgehead atoms. The Bertz CT molecular complexity index is 2620. The van der Waals surface area contributed by atoms with E-state index in [9.17, 15) is 55.9 Å². The van der Waals surface area contributed by atoms with Crippen molar-refractivity contribution in [3.05, 3.63) is 94.3 Å².